The Balaban J connectivity index is 1.61. The highest BCUT2D eigenvalue weighted by atomic mass is 16.1. The summed E-state index contributed by atoms with van der Waals surface area (Å²) in [5, 5.41) is 3.33. The predicted octanol–water partition coefficient (Wildman–Crippen LogP) is 1.06. The Morgan fingerprint density at radius 2 is 1.96 bits per heavy atom. The number of carbonyl (C=O) groups is 1. The molecular formula is C16H21N7O. The fraction of sp³-hybridized carbons (Fsp3) is 0.438. The van der Waals surface area contributed by atoms with Gasteiger partial charge in [-0.3, -0.25) is 9.78 Å². The van der Waals surface area contributed by atoms with Crippen molar-refractivity contribution in [2.24, 2.45) is 5.73 Å². The van der Waals surface area contributed by atoms with Gasteiger partial charge < -0.3 is 16.0 Å². The lowest BCUT2D eigenvalue weighted by Crippen LogP contribution is -2.39. The van der Waals surface area contributed by atoms with Crippen molar-refractivity contribution in [3.8, 4) is 0 Å². The van der Waals surface area contributed by atoms with Crippen molar-refractivity contribution in [1.82, 2.24) is 19.9 Å². The number of hydrogen-bond donors (Lipinski definition) is 2. The monoisotopic (exact) mass is 327 g/mol. The predicted molar refractivity (Wildman–Crippen MR) is 90.9 cm³/mol. The zero-order valence-electron chi connectivity index (χ0n) is 13.9. The van der Waals surface area contributed by atoms with Gasteiger partial charge in [0.1, 0.15) is 23.2 Å². The molecule has 126 valence electrons. The number of nitrogens with zero attached hydrogens (tertiary/aromatic N) is 5. The second-order valence-electron chi connectivity index (χ2n) is 5.97. The Kier molecular flexibility index (Phi) is 4.54. The van der Waals surface area contributed by atoms with E-state index in [4.69, 9.17) is 5.73 Å². The normalized spacial score (nSPS) is 15.3. The first-order valence-electron chi connectivity index (χ1n) is 7.97. The van der Waals surface area contributed by atoms with E-state index in [2.05, 4.69) is 30.2 Å². The van der Waals surface area contributed by atoms with Crippen molar-refractivity contribution in [2.75, 3.05) is 23.3 Å². The summed E-state index contributed by atoms with van der Waals surface area (Å²) in [5.41, 5.74) is 6.39. The van der Waals surface area contributed by atoms with Gasteiger partial charge in [-0.1, -0.05) is 0 Å². The van der Waals surface area contributed by atoms with Crippen LogP contribution in [-0.2, 0) is 0 Å². The average molecular weight is 327 g/mol. The fourth-order valence-electron chi connectivity index (χ4n) is 2.88. The van der Waals surface area contributed by atoms with E-state index in [9.17, 15) is 4.79 Å². The molecule has 1 aliphatic rings. The molecule has 3 N–H and O–H groups in total. The number of carbonyl (C=O) groups excluding carboxylic acids is 1. The van der Waals surface area contributed by atoms with E-state index < -0.39 is 5.91 Å². The van der Waals surface area contributed by atoms with Crippen LogP contribution in [0.1, 0.15) is 34.8 Å². The maximum atomic E-state index is 11.2. The minimum absolute atomic E-state index is 0.171. The van der Waals surface area contributed by atoms with E-state index >= 15 is 0 Å². The SMILES string of the molecule is Cc1cc(N2CCC(Nc3cncc(C(N)=O)n3)CC2)nc(C)n1. The van der Waals surface area contributed by atoms with Gasteiger partial charge in [0.15, 0.2) is 0 Å². The Morgan fingerprint density at radius 3 is 2.62 bits per heavy atom. The molecule has 8 heteroatoms. The number of anilines is 2. The number of aromatic nitrogens is 4. The van der Waals surface area contributed by atoms with Crippen LogP contribution in [-0.4, -0.2) is 45.0 Å². The van der Waals surface area contributed by atoms with Gasteiger partial charge in [-0.15, -0.1) is 0 Å². The van der Waals surface area contributed by atoms with E-state index in [-0.39, 0.29) is 11.7 Å². The number of nitrogens with one attached hydrogen (secondary N) is 1. The second kappa shape index (κ2) is 6.77. The quantitative estimate of drug-likeness (QED) is 0.864. The molecule has 1 aliphatic heterocycles. The molecule has 1 saturated heterocycles. The molecule has 0 saturated carbocycles. The number of nitrogens with two attached hydrogens (primary N) is 1. The number of amides is 1. The Labute approximate surface area is 140 Å². The van der Waals surface area contributed by atoms with E-state index in [0.717, 1.165) is 43.3 Å². The van der Waals surface area contributed by atoms with Crippen LogP contribution in [0.25, 0.3) is 0 Å². The molecule has 24 heavy (non-hydrogen) atoms. The summed E-state index contributed by atoms with van der Waals surface area (Å²) >= 11 is 0. The molecule has 1 fully saturated rings. The highest BCUT2D eigenvalue weighted by Gasteiger charge is 2.21. The Hall–Kier alpha value is -2.77. The molecule has 3 rings (SSSR count). The van der Waals surface area contributed by atoms with Crippen molar-refractivity contribution in [2.45, 2.75) is 32.7 Å². The van der Waals surface area contributed by atoms with Gasteiger partial charge in [0, 0.05) is 30.9 Å². The average Bonchev–Trinajstić information content (AvgIpc) is 2.55. The first kappa shape index (κ1) is 16.1. The number of rotatable bonds is 4. The Bertz CT molecular complexity index is 721. The summed E-state index contributed by atoms with van der Waals surface area (Å²) in [6.07, 6.45) is 4.88. The number of hydrogen-bond acceptors (Lipinski definition) is 7. The molecule has 2 aromatic heterocycles. The van der Waals surface area contributed by atoms with Crippen molar-refractivity contribution < 1.29 is 4.79 Å². The van der Waals surface area contributed by atoms with Crippen molar-refractivity contribution in [3.63, 3.8) is 0 Å². The smallest absolute Gasteiger partial charge is 0.268 e. The molecule has 0 unspecified atom stereocenters. The van der Waals surface area contributed by atoms with E-state index in [1.54, 1.807) is 6.20 Å². The largest absolute Gasteiger partial charge is 0.366 e. The molecule has 0 atom stereocenters. The van der Waals surface area contributed by atoms with Crippen LogP contribution in [0.5, 0.6) is 0 Å². The van der Waals surface area contributed by atoms with Crippen LogP contribution >= 0.6 is 0 Å². The van der Waals surface area contributed by atoms with Gasteiger partial charge in [-0.2, -0.15) is 0 Å². The molecule has 0 spiro atoms. The third kappa shape index (κ3) is 3.76. The number of primary amides is 1. The lowest BCUT2D eigenvalue weighted by Gasteiger charge is -2.33. The zero-order chi connectivity index (χ0) is 17.1. The third-order valence-corrected chi connectivity index (χ3v) is 4.01. The second-order valence-corrected chi connectivity index (χ2v) is 5.97. The Morgan fingerprint density at radius 1 is 1.21 bits per heavy atom. The topological polar surface area (TPSA) is 110 Å². The van der Waals surface area contributed by atoms with E-state index in [0.29, 0.717) is 5.82 Å². The van der Waals surface area contributed by atoms with Crippen LogP contribution in [0.3, 0.4) is 0 Å². The summed E-state index contributed by atoms with van der Waals surface area (Å²) in [6, 6.07) is 2.30. The molecule has 0 aliphatic carbocycles. The van der Waals surface area contributed by atoms with Crippen LogP contribution < -0.4 is 16.0 Å². The summed E-state index contributed by atoms with van der Waals surface area (Å²) < 4.78 is 0. The van der Waals surface area contributed by atoms with Crippen LogP contribution in [0, 0.1) is 13.8 Å². The van der Waals surface area contributed by atoms with Crippen molar-refractivity contribution in [1.29, 1.82) is 0 Å². The van der Waals surface area contributed by atoms with Gasteiger partial charge in [-0.25, -0.2) is 15.0 Å². The third-order valence-electron chi connectivity index (χ3n) is 4.01. The maximum absolute atomic E-state index is 11.2. The molecule has 0 radical (unpaired) electrons. The first-order chi connectivity index (χ1) is 11.5. The highest BCUT2D eigenvalue weighted by Crippen LogP contribution is 2.20. The molecule has 2 aromatic rings. The van der Waals surface area contributed by atoms with Gasteiger partial charge in [0.2, 0.25) is 0 Å². The summed E-state index contributed by atoms with van der Waals surface area (Å²) in [6.45, 7) is 5.69. The van der Waals surface area contributed by atoms with Gasteiger partial charge in [-0.05, 0) is 26.7 Å². The standard InChI is InChI=1S/C16H21N7O/c1-10-7-15(20-11(2)19-10)23-5-3-12(4-6-23)21-14-9-18-8-13(22-14)16(17)24/h7-9,12H,3-6H2,1-2H3,(H2,17,24)(H,21,22). The van der Waals surface area contributed by atoms with Crippen LogP contribution in [0.15, 0.2) is 18.5 Å². The fourth-order valence-corrected chi connectivity index (χ4v) is 2.88. The molecule has 8 nitrogen and oxygen atoms in total. The van der Waals surface area contributed by atoms with Crippen molar-refractivity contribution >= 4 is 17.5 Å². The molecule has 3 heterocycles. The van der Waals surface area contributed by atoms with E-state index in [1.807, 2.05) is 19.9 Å². The summed E-state index contributed by atoms with van der Waals surface area (Å²) in [5.74, 6) is 1.78. The van der Waals surface area contributed by atoms with E-state index in [1.165, 1.54) is 6.20 Å². The maximum Gasteiger partial charge on any atom is 0.268 e. The minimum Gasteiger partial charge on any atom is -0.366 e. The molecule has 0 bridgehead atoms. The van der Waals surface area contributed by atoms with Gasteiger partial charge >= 0.3 is 0 Å². The zero-order valence-corrected chi connectivity index (χ0v) is 13.9. The summed E-state index contributed by atoms with van der Waals surface area (Å²) in [4.78, 5) is 30.5. The molecule has 0 aromatic carbocycles. The molecule has 1 amide bonds. The summed E-state index contributed by atoms with van der Waals surface area (Å²) in [7, 11) is 0. The number of piperidine rings is 1. The highest BCUT2D eigenvalue weighted by molar-refractivity contribution is 5.90. The van der Waals surface area contributed by atoms with Gasteiger partial charge in [0.05, 0.1) is 12.4 Å². The van der Waals surface area contributed by atoms with Crippen LogP contribution in [0.4, 0.5) is 11.6 Å². The lowest BCUT2D eigenvalue weighted by atomic mass is 10.1. The van der Waals surface area contributed by atoms with Crippen LogP contribution in [0.2, 0.25) is 0 Å². The number of aryl methyl sites for hydroxylation is 2. The lowest BCUT2D eigenvalue weighted by molar-refractivity contribution is 0.0995. The minimum atomic E-state index is -0.574. The molecular weight excluding hydrogens is 306 g/mol. The van der Waals surface area contributed by atoms with Crippen molar-refractivity contribution in [3.05, 3.63) is 35.7 Å². The first-order valence-corrected chi connectivity index (χ1v) is 7.97. The van der Waals surface area contributed by atoms with Gasteiger partial charge in [0.25, 0.3) is 5.91 Å².